The minimum atomic E-state index is -3.72. The highest BCUT2D eigenvalue weighted by Gasteiger charge is 2.22. The van der Waals surface area contributed by atoms with Crippen LogP contribution in [0.4, 0.5) is 8.78 Å². The molecule has 1 N–H and O–H groups in total. The molecule has 1 aromatic heterocycles. The van der Waals surface area contributed by atoms with Crippen molar-refractivity contribution in [2.45, 2.75) is 11.6 Å². The molecule has 0 amide bonds. The third-order valence-corrected chi connectivity index (χ3v) is 4.28. The normalized spacial score (nSPS) is 12.0. The third kappa shape index (κ3) is 2.79. The number of imidazole rings is 1. The number of nitrogens with zero attached hydrogens (tertiary/aromatic N) is 2. The average molecular weight is 287 g/mol. The standard InChI is InChI=1S/C11H11F2N3O2S/c1-16(19(17,18)11-5-14-7-15-11)6-8-2-3-9(12)10(13)4-8/h2-5,7H,6H2,1H3,(H,14,15). The Hall–Kier alpha value is -1.80. The van der Waals surface area contributed by atoms with Crippen LogP contribution in [0.15, 0.2) is 35.7 Å². The van der Waals surface area contributed by atoms with Crippen molar-refractivity contribution in [2.75, 3.05) is 7.05 Å². The van der Waals surface area contributed by atoms with E-state index in [1.54, 1.807) is 0 Å². The van der Waals surface area contributed by atoms with Crippen LogP contribution in [0.2, 0.25) is 0 Å². The molecular weight excluding hydrogens is 276 g/mol. The molecule has 102 valence electrons. The maximum absolute atomic E-state index is 13.0. The van der Waals surface area contributed by atoms with Gasteiger partial charge in [0.15, 0.2) is 16.7 Å². The monoisotopic (exact) mass is 287 g/mol. The minimum Gasteiger partial charge on any atom is -0.335 e. The van der Waals surface area contributed by atoms with E-state index in [1.807, 2.05) is 0 Å². The fourth-order valence-electron chi connectivity index (χ4n) is 1.53. The number of H-pyrrole nitrogens is 1. The van der Waals surface area contributed by atoms with Gasteiger partial charge in [0.1, 0.15) is 0 Å². The molecule has 0 saturated carbocycles. The highest BCUT2D eigenvalue weighted by Crippen LogP contribution is 2.15. The summed E-state index contributed by atoms with van der Waals surface area (Å²) in [6.45, 7) is -0.0709. The summed E-state index contributed by atoms with van der Waals surface area (Å²) in [7, 11) is -2.37. The van der Waals surface area contributed by atoms with Crippen LogP contribution in [0, 0.1) is 11.6 Å². The van der Waals surface area contributed by atoms with Crippen LogP contribution >= 0.6 is 0 Å². The first-order valence-corrected chi connectivity index (χ1v) is 6.74. The Morgan fingerprint density at radius 3 is 2.63 bits per heavy atom. The molecule has 0 aliphatic rings. The van der Waals surface area contributed by atoms with Gasteiger partial charge in [0.05, 0.1) is 12.5 Å². The van der Waals surface area contributed by atoms with Gasteiger partial charge >= 0.3 is 0 Å². The summed E-state index contributed by atoms with van der Waals surface area (Å²) in [5, 5.41) is -0.0578. The molecule has 0 fully saturated rings. The Morgan fingerprint density at radius 1 is 1.32 bits per heavy atom. The molecule has 0 atom stereocenters. The fraction of sp³-hybridized carbons (Fsp3) is 0.182. The SMILES string of the molecule is CN(Cc1ccc(F)c(F)c1)S(=O)(=O)c1cnc[nH]1. The number of aromatic nitrogens is 2. The summed E-state index contributed by atoms with van der Waals surface area (Å²) in [5.74, 6) is -1.98. The number of nitrogens with one attached hydrogen (secondary N) is 1. The van der Waals surface area contributed by atoms with Crippen molar-refractivity contribution in [3.63, 3.8) is 0 Å². The van der Waals surface area contributed by atoms with E-state index in [0.717, 1.165) is 16.4 Å². The van der Waals surface area contributed by atoms with Gasteiger partial charge in [-0.05, 0) is 17.7 Å². The van der Waals surface area contributed by atoms with E-state index in [4.69, 9.17) is 0 Å². The zero-order valence-corrected chi connectivity index (χ0v) is 10.8. The van der Waals surface area contributed by atoms with Crippen molar-refractivity contribution >= 4 is 10.0 Å². The molecule has 0 radical (unpaired) electrons. The van der Waals surface area contributed by atoms with Gasteiger partial charge in [-0.25, -0.2) is 22.2 Å². The summed E-state index contributed by atoms with van der Waals surface area (Å²) >= 11 is 0. The Morgan fingerprint density at radius 2 is 2.05 bits per heavy atom. The fourth-order valence-corrected chi connectivity index (χ4v) is 2.58. The zero-order chi connectivity index (χ0) is 14.0. The molecule has 5 nitrogen and oxygen atoms in total. The first-order valence-electron chi connectivity index (χ1n) is 5.30. The van der Waals surface area contributed by atoms with Gasteiger partial charge in [-0.15, -0.1) is 0 Å². The average Bonchev–Trinajstić information content (AvgIpc) is 2.88. The Bertz CT molecular complexity index is 671. The molecule has 0 aliphatic carbocycles. The lowest BCUT2D eigenvalue weighted by molar-refractivity contribution is 0.459. The van der Waals surface area contributed by atoms with Crippen LogP contribution in [-0.4, -0.2) is 29.7 Å². The van der Waals surface area contributed by atoms with Gasteiger partial charge in [0, 0.05) is 13.6 Å². The van der Waals surface area contributed by atoms with Crippen LogP contribution in [0.1, 0.15) is 5.56 Å². The van der Waals surface area contributed by atoms with E-state index >= 15 is 0 Å². The number of aromatic amines is 1. The van der Waals surface area contributed by atoms with E-state index < -0.39 is 21.7 Å². The number of sulfonamides is 1. The van der Waals surface area contributed by atoms with Gasteiger partial charge in [-0.2, -0.15) is 4.31 Å². The van der Waals surface area contributed by atoms with Crippen LogP contribution in [0.5, 0.6) is 0 Å². The molecule has 0 aliphatic heterocycles. The van der Waals surface area contributed by atoms with Gasteiger partial charge < -0.3 is 4.98 Å². The highest BCUT2D eigenvalue weighted by atomic mass is 32.2. The number of benzene rings is 1. The lowest BCUT2D eigenvalue weighted by atomic mass is 10.2. The summed E-state index contributed by atoms with van der Waals surface area (Å²) < 4.78 is 50.9. The maximum Gasteiger partial charge on any atom is 0.260 e. The van der Waals surface area contributed by atoms with Crippen LogP contribution in [0.3, 0.4) is 0 Å². The Balaban J connectivity index is 2.21. The molecule has 2 aromatic rings. The second-order valence-electron chi connectivity index (χ2n) is 3.93. The third-order valence-electron chi connectivity index (χ3n) is 2.55. The number of hydrogen-bond donors (Lipinski definition) is 1. The topological polar surface area (TPSA) is 66.1 Å². The van der Waals surface area contributed by atoms with Crippen molar-refractivity contribution in [3.8, 4) is 0 Å². The van der Waals surface area contributed by atoms with E-state index in [1.165, 1.54) is 25.6 Å². The Labute approximate surface area is 108 Å². The maximum atomic E-state index is 13.0. The number of rotatable bonds is 4. The zero-order valence-electron chi connectivity index (χ0n) is 9.97. The minimum absolute atomic E-state index is 0.0578. The number of halogens is 2. The van der Waals surface area contributed by atoms with E-state index in [2.05, 4.69) is 9.97 Å². The first-order chi connectivity index (χ1) is 8.91. The lowest BCUT2D eigenvalue weighted by Gasteiger charge is -2.15. The van der Waals surface area contributed by atoms with E-state index in [9.17, 15) is 17.2 Å². The molecule has 0 bridgehead atoms. The molecule has 0 spiro atoms. The number of hydrogen-bond acceptors (Lipinski definition) is 3. The van der Waals surface area contributed by atoms with E-state index in [-0.39, 0.29) is 11.6 Å². The van der Waals surface area contributed by atoms with Crippen molar-refractivity contribution in [1.29, 1.82) is 0 Å². The van der Waals surface area contributed by atoms with Crippen LogP contribution < -0.4 is 0 Å². The predicted molar refractivity (Wildman–Crippen MR) is 63.6 cm³/mol. The molecular formula is C11H11F2N3O2S. The largest absolute Gasteiger partial charge is 0.335 e. The van der Waals surface area contributed by atoms with Crippen LogP contribution in [-0.2, 0) is 16.6 Å². The van der Waals surface area contributed by atoms with E-state index in [0.29, 0.717) is 5.56 Å². The summed E-state index contributed by atoms with van der Waals surface area (Å²) in [6.07, 6.45) is 2.43. The molecule has 1 heterocycles. The molecule has 1 aromatic carbocycles. The summed E-state index contributed by atoms with van der Waals surface area (Å²) in [6, 6.07) is 3.26. The first kappa shape index (κ1) is 13.6. The van der Waals surface area contributed by atoms with Gasteiger partial charge in [0.25, 0.3) is 10.0 Å². The second kappa shape index (κ2) is 5.06. The second-order valence-corrected chi connectivity index (χ2v) is 5.94. The van der Waals surface area contributed by atoms with Crippen molar-refractivity contribution in [3.05, 3.63) is 47.9 Å². The molecule has 19 heavy (non-hydrogen) atoms. The smallest absolute Gasteiger partial charge is 0.260 e. The summed E-state index contributed by atoms with van der Waals surface area (Å²) in [4.78, 5) is 6.12. The predicted octanol–water partition coefficient (Wildman–Crippen LogP) is 1.51. The molecule has 0 unspecified atom stereocenters. The molecule has 8 heteroatoms. The highest BCUT2D eigenvalue weighted by molar-refractivity contribution is 7.89. The van der Waals surface area contributed by atoms with Gasteiger partial charge in [-0.1, -0.05) is 6.07 Å². The Kier molecular flexibility index (Phi) is 3.63. The molecule has 0 saturated heterocycles. The van der Waals surface area contributed by atoms with Gasteiger partial charge in [0.2, 0.25) is 0 Å². The van der Waals surface area contributed by atoms with Crippen LogP contribution in [0.25, 0.3) is 0 Å². The lowest BCUT2D eigenvalue weighted by Crippen LogP contribution is -2.26. The van der Waals surface area contributed by atoms with Crippen molar-refractivity contribution in [2.24, 2.45) is 0 Å². The van der Waals surface area contributed by atoms with Crippen molar-refractivity contribution < 1.29 is 17.2 Å². The molecule has 2 rings (SSSR count). The quantitative estimate of drug-likeness (QED) is 0.927. The van der Waals surface area contributed by atoms with Gasteiger partial charge in [-0.3, -0.25) is 0 Å². The summed E-state index contributed by atoms with van der Waals surface area (Å²) in [5.41, 5.74) is 0.351. The van der Waals surface area contributed by atoms with Crippen molar-refractivity contribution in [1.82, 2.24) is 14.3 Å².